The summed E-state index contributed by atoms with van der Waals surface area (Å²) in [7, 11) is 2.14. The van der Waals surface area contributed by atoms with Crippen molar-refractivity contribution in [2.75, 3.05) is 17.3 Å². The largest absolute Gasteiger partial charge is 0.360 e. The summed E-state index contributed by atoms with van der Waals surface area (Å²) >= 11 is 1.79. The van der Waals surface area contributed by atoms with Crippen LogP contribution in [0.25, 0.3) is 0 Å². The van der Waals surface area contributed by atoms with Gasteiger partial charge >= 0.3 is 0 Å². The molecule has 2 aliphatic rings. The van der Waals surface area contributed by atoms with Crippen molar-refractivity contribution in [1.82, 2.24) is 5.43 Å². The van der Waals surface area contributed by atoms with Crippen molar-refractivity contribution in [2.45, 2.75) is 11.5 Å². The van der Waals surface area contributed by atoms with E-state index >= 15 is 0 Å². The van der Waals surface area contributed by atoms with Crippen molar-refractivity contribution >= 4 is 28.2 Å². The molecule has 0 spiro atoms. The van der Waals surface area contributed by atoms with E-state index in [1.54, 1.807) is 11.8 Å². The normalized spacial score (nSPS) is 23.3. The molecule has 2 N–H and O–H groups in total. The van der Waals surface area contributed by atoms with Gasteiger partial charge in [0.1, 0.15) is 16.6 Å². The van der Waals surface area contributed by atoms with Crippen LogP contribution in [-0.2, 0) is 0 Å². The topological polar surface area (TPSA) is 39.7 Å². The molecule has 4 nitrogen and oxygen atoms in total. The first-order valence-electron chi connectivity index (χ1n) is 6.96. The molecule has 0 unspecified atom stereocenters. The number of nitrogens with zero attached hydrogens (tertiary/aromatic N) is 2. The second kappa shape index (κ2) is 5.00. The van der Waals surface area contributed by atoms with Crippen molar-refractivity contribution < 1.29 is 0 Å². The van der Waals surface area contributed by atoms with Gasteiger partial charge in [0.2, 0.25) is 0 Å². The van der Waals surface area contributed by atoms with Gasteiger partial charge in [0.05, 0.1) is 11.4 Å². The Labute approximate surface area is 128 Å². The molecule has 0 amide bonds. The van der Waals surface area contributed by atoms with Crippen LogP contribution in [0.2, 0.25) is 0 Å². The number of hydrogen-bond donors (Lipinski definition) is 2. The maximum absolute atomic E-state index is 4.53. The Bertz CT molecular complexity index is 686. The average Bonchev–Trinajstić information content (AvgIpc) is 2.56. The van der Waals surface area contributed by atoms with Gasteiger partial charge in [-0.3, -0.25) is 5.43 Å². The fourth-order valence-corrected chi connectivity index (χ4v) is 3.87. The van der Waals surface area contributed by atoms with Crippen molar-refractivity contribution in [1.29, 1.82) is 0 Å². The average molecular weight is 296 g/mol. The number of fused-ring (bicyclic) bond motifs is 2. The van der Waals surface area contributed by atoms with E-state index in [4.69, 9.17) is 0 Å². The van der Waals surface area contributed by atoms with E-state index in [0.717, 1.165) is 16.3 Å². The highest BCUT2D eigenvalue weighted by Gasteiger charge is 2.36. The minimum absolute atomic E-state index is 0.113. The van der Waals surface area contributed by atoms with Crippen molar-refractivity contribution in [3.8, 4) is 0 Å². The maximum atomic E-state index is 4.53. The van der Waals surface area contributed by atoms with Crippen LogP contribution in [0.1, 0.15) is 5.56 Å². The molecule has 0 radical (unpaired) electrons. The van der Waals surface area contributed by atoms with E-state index in [9.17, 15) is 0 Å². The van der Waals surface area contributed by atoms with Gasteiger partial charge in [0, 0.05) is 12.6 Å². The van der Waals surface area contributed by atoms with E-state index in [0.29, 0.717) is 0 Å². The first-order valence-corrected chi connectivity index (χ1v) is 7.84. The maximum Gasteiger partial charge on any atom is 0.143 e. The van der Waals surface area contributed by atoms with Crippen LogP contribution in [-0.4, -0.2) is 23.6 Å². The predicted molar refractivity (Wildman–Crippen MR) is 89.7 cm³/mol. The Kier molecular flexibility index (Phi) is 3.00. The standard InChI is InChI=1S/C16H16N4S/c1-20-13-10-6-5-9-12(13)17-14-16(20)21-15(19-18-14)11-7-3-2-4-8-11/h2-10,14,16-18H,1H3/t14-,16+/m0/s1. The molecule has 0 saturated carbocycles. The van der Waals surface area contributed by atoms with Crippen LogP contribution in [0.4, 0.5) is 11.4 Å². The molecule has 2 aliphatic heterocycles. The molecule has 0 bridgehead atoms. The molecule has 5 heteroatoms. The second-order valence-corrected chi connectivity index (χ2v) is 6.28. The summed E-state index contributed by atoms with van der Waals surface area (Å²) in [6, 6.07) is 18.7. The molecular formula is C16H16N4S. The molecule has 0 aromatic heterocycles. The molecule has 0 fully saturated rings. The van der Waals surface area contributed by atoms with Crippen LogP contribution in [0.15, 0.2) is 59.7 Å². The number of rotatable bonds is 1. The Hall–Kier alpha value is -2.14. The number of hydrogen-bond acceptors (Lipinski definition) is 5. The van der Waals surface area contributed by atoms with Crippen LogP contribution in [0, 0.1) is 0 Å². The number of hydrazone groups is 1. The Morgan fingerprint density at radius 2 is 1.81 bits per heavy atom. The number of para-hydroxylation sites is 2. The van der Waals surface area contributed by atoms with Gasteiger partial charge in [-0.2, -0.15) is 5.10 Å². The molecule has 2 atom stereocenters. The third-order valence-electron chi connectivity index (χ3n) is 3.82. The van der Waals surface area contributed by atoms with Gasteiger partial charge in [-0.25, -0.2) is 0 Å². The van der Waals surface area contributed by atoms with Gasteiger partial charge in [0.25, 0.3) is 0 Å². The SMILES string of the molecule is CN1c2ccccc2N[C@H]2NN=C(c3ccccc3)S[C@H]21. The lowest BCUT2D eigenvalue weighted by atomic mass is 10.2. The Balaban J connectivity index is 1.66. The van der Waals surface area contributed by atoms with E-state index in [1.807, 2.05) is 18.2 Å². The minimum atomic E-state index is 0.113. The van der Waals surface area contributed by atoms with E-state index in [2.05, 4.69) is 64.2 Å². The Morgan fingerprint density at radius 1 is 1.05 bits per heavy atom. The highest BCUT2D eigenvalue weighted by atomic mass is 32.2. The summed E-state index contributed by atoms with van der Waals surface area (Å²) in [5.74, 6) is 0. The van der Waals surface area contributed by atoms with E-state index in [1.165, 1.54) is 5.69 Å². The first-order chi connectivity index (χ1) is 10.3. The second-order valence-electron chi connectivity index (χ2n) is 5.17. The van der Waals surface area contributed by atoms with Crippen LogP contribution in [0.5, 0.6) is 0 Å². The highest BCUT2D eigenvalue weighted by molar-refractivity contribution is 8.15. The van der Waals surface area contributed by atoms with E-state index in [-0.39, 0.29) is 11.5 Å². The smallest absolute Gasteiger partial charge is 0.143 e. The molecule has 0 aliphatic carbocycles. The number of anilines is 2. The fraction of sp³-hybridized carbons (Fsp3) is 0.188. The number of thioether (sulfide) groups is 1. The van der Waals surface area contributed by atoms with Gasteiger partial charge in [-0.1, -0.05) is 54.2 Å². The first kappa shape index (κ1) is 12.6. The summed E-state index contributed by atoms with van der Waals surface area (Å²) in [5.41, 5.74) is 6.78. The van der Waals surface area contributed by atoms with Gasteiger partial charge < -0.3 is 10.2 Å². The highest BCUT2D eigenvalue weighted by Crippen LogP contribution is 2.38. The summed E-state index contributed by atoms with van der Waals surface area (Å²) in [5, 5.41) is 9.36. The predicted octanol–water partition coefficient (Wildman–Crippen LogP) is 2.90. The minimum Gasteiger partial charge on any atom is -0.360 e. The number of benzene rings is 2. The molecule has 21 heavy (non-hydrogen) atoms. The lowest BCUT2D eigenvalue weighted by Crippen LogP contribution is -2.55. The molecule has 106 valence electrons. The quantitative estimate of drug-likeness (QED) is 0.849. The van der Waals surface area contributed by atoms with Gasteiger partial charge in [-0.15, -0.1) is 0 Å². The summed E-state index contributed by atoms with van der Waals surface area (Å²) < 4.78 is 0. The monoisotopic (exact) mass is 296 g/mol. The van der Waals surface area contributed by atoms with E-state index < -0.39 is 0 Å². The van der Waals surface area contributed by atoms with Crippen LogP contribution < -0.4 is 15.6 Å². The van der Waals surface area contributed by atoms with Crippen LogP contribution in [0.3, 0.4) is 0 Å². The molecule has 0 saturated heterocycles. The van der Waals surface area contributed by atoms with Crippen molar-refractivity contribution in [3.05, 3.63) is 60.2 Å². The molecular weight excluding hydrogens is 280 g/mol. The van der Waals surface area contributed by atoms with Crippen LogP contribution >= 0.6 is 11.8 Å². The van der Waals surface area contributed by atoms with Crippen molar-refractivity contribution in [3.63, 3.8) is 0 Å². The lowest BCUT2D eigenvalue weighted by molar-refractivity contribution is 0.540. The molecule has 2 aromatic carbocycles. The third-order valence-corrected chi connectivity index (χ3v) is 5.20. The summed E-state index contributed by atoms with van der Waals surface area (Å²) in [6.07, 6.45) is 0.113. The van der Waals surface area contributed by atoms with Gasteiger partial charge in [0.15, 0.2) is 0 Å². The fourth-order valence-electron chi connectivity index (χ4n) is 2.73. The molecule has 2 heterocycles. The summed E-state index contributed by atoms with van der Waals surface area (Å²) in [4.78, 5) is 2.31. The zero-order valence-electron chi connectivity index (χ0n) is 11.7. The zero-order chi connectivity index (χ0) is 14.2. The lowest BCUT2D eigenvalue weighted by Gasteiger charge is -2.43. The van der Waals surface area contributed by atoms with Gasteiger partial charge in [-0.05, 0) is 12.1 Å². The number of likely N-dealkylation sites (N-methyl/N-ethyl adjacent to an activating group) is 1. The number of nitrogens with one attached hydrogen (secondary N) is 2. The zero-order valence-corrected chi connectivity index (χ0v) is 12.5. The molecule has 4 rings (SSSR count). The molecule has 2 aromatic rings. The Morgan fingerprint density at radius 3 is 2.67 bits per heavy atom. The summed E-state index contributed by atoms with van der Waals surface area (Å²) in [6.45, 7) is 0. The third kappa shape index (κ3) is 2.14. The van der Waals surface area contributed by atoms with Crippen molar-refractivity contribution in [2.24, 2.45) is 5.10 Å².